The van der Waals surface area contributed by atoms with Crippen LogP contribution in [-0.2, 0) is 11.0 Å². The maximum atomic E-state index is 12.6. The molecule has 0 spiro atoms. The van der Waals surface area contributed by atoms with Gasteiger partial charge in [-0.05, 0) is 42.6 Å². The van der Waals surface area contributed by atoms with E-state index < -0.39 is 11.7 Å². The average molecular weight is 355 g/mol. The van der Waals surface area contributed by atoms with Crippen molar-refractivity contribution in [2.24, 2.45) is 4.99 Å². The van der Waals surface area contributed by atoms with Crippen LogP contribution >= 0.6 is 11.8 Å². The Bertz CT molecular complexity index is 690. The van der Waals surface area contributed by atoms with Crippen molar-refractivity contribution in [1.29, 1.82) is 0 Å². The highest BCUT2D eigenvalue weighted by molar-refractivity contribution is 8.18. The molecule has 1 amide bonds. The van der Waals surface area contributed by atoms with Crippen LogP contribution in [0.4, 0.5) is 13.2 Å². The minimum Gasteiger partial charge on any atom is -0.348 e. The first kappa shape index (κ1) is 17.0. The summed E-state index contributed by atoms with van der Waals surface area (Å²) in [5.41, 5.74) is -0.155. The molecular formula is C16H16F3N3OS. The van der Waals surface area contributed by atoms with Crippen molar-refractivity contribution in [3.8, 4) is 0 Å². The van der Waals surface area contributed by atoms with Gasteiger partial charge in [-0.15, -0.1) is 0 Å². The molecule has 0 radical (unpaired) electrons. The second-order valence-corrected chi connectivity index (χ2v) is 6.73. The molecule has 1 aromatic rings. The number of amidine groups is 1. The number of aliphatic imine (C=N–C) groups is 1. The molecule has 1 saturated heterocycles. The molecular weight excluding hydrogens is 339 g/mol. The SMILES string of the molecule is CN1CCN(C2=NC(=O)/C(=C/c3ccc(C(F)(F)F)cc3)S2)CC1. The highest BCUT2D eigenvalue weighted by Crippen LogP contribution is 2.32. The first-order valence-corrected chi connectivity index (χ1v) is 8.28. The number of thioether (sulfide) groups is 1. The quantitative estimate of drug-likeness (QED) is 0.726. The molecule has 1 aromatic carbocycles. The van der Waals surface area contributed by atoms with Crippen LogP contribution in [0.25, 0.3) is 6.08 Å². The van der Waals surface area contributed by atoms with E-state index in [9.17, 15) is 18.0 Å². The highest BCUT2D eigenvalue weighted by Gasteiger charge is 2.30. The fourth-order valence-corrected chi connectivity index (χ4v) is 3.42. The number of carbonyl (C=O) groups excluding carboxylic acids is 1. The van der Waals surface area contributed by atoms with Gasteiger partial charge < -0.3 is 9.80 Å². The lowest BCUT2D eigenvalue weighted by Gasteiger charge is -2.32. The van der Waals surface area contributed by atoms with Gasteiger partial charge in [-0.2, -0.15) is 18.2 Å². The lowest BCUT2D eigenvalue weighted by molar-refractivity contribution is -0.137. The van der Waals surface area contributed by atoms with E-state index in [-0.39, 0.29) is 5.91 Å². The molecule has 0 unspecified atom stereocenters. The number of amides is 1. The average Bonchev–Trinajstić information content (AvgIpc) is 2.89. The van der Waals surface area contributed by atoms with Gasteiger partial charge >= 0.3 is 6.18 Å². The summed E-state index contributed by atoms with van der Waals surface area (Å²) in [4.78, 5) is 20.8. The number of rotatable bonds is 1. The maximum absolute atomic E-state index is 12.6. The van der Waals surface area contributed by atoms with E-state index in [0.29, 0.717) is 15.6 Å². The Morgan fingerprint density at radius 2 is 1.75 bits per heavy atom. The van der Waals surface area contributed by atoms with Gasteiger partial charge in [0.1, 0.15) is 0 Å². The van der Waals surface area contributed by atoms with Crippen LogP contribution < -0.4 is 0 Å². The van der Waals surface area contributed by atoms with Gasteiger partial charge in [0.2, 0.25) is 0 Å². The normalized spacial score (nSPS) is 21.5. The largest absolute Gasteiger partial charge is 0.416 e. The third-order valence-corrected chi connectivity index (χ3v) is 4.96. The predicted octanol–water partition coefficient (Wildman–Crippen LogP) is 2.92. The van der Waals surface area contributed by atoms with Gasteiger partial charge in [0.25, 0.3) is 5.91 Å². The third-order valence-electron chi connectivity index (χ3n) is 3.92. The summed E-state index contributed by atoms with van der Waals surface area (Å²) in [7, 11) is 2.04. The Morgan fingerprint density at radius 1 is 1.12 bits per heavy atom. The van der Waals surface area contributed by atoms with Crippen LogP contribution in [0.2, 0.25) is 0 Å². The predicted molar refractivity (Wildman–Crippen MR) is 88.5 cm³/mol. The molecule has 3 rings (SSSR count). The van der Waals surface area contributed by atoms with Crippen molar-refractivity contribution in [3.05, 3.63) is 40.3 Å². The van der Waals surface area contributed by atoms with Crippen molar-refractivity contribution in [3.63, 3.8) is 0 Å². The molecule has 0 saturated carbocycles. The second kappa shape index (κ2) is 6.60. The summed E-state index contributed by atoms with van der Waals surface area (Å²) in [5, 5.41) is 0.672. The van der Waals surface area contributed by atoms with Gasteiger partial charge in [-0.3, -0.25) is 4.79 Å². The maximum Gasteiger partial charge on any atom is 0.416 e. The van der Waals surface area contributed by atoms with E-state index in [1.165, 1.54) is 23.9 Å². The van der Waals surface area contributed by atoms with Crippen molar-refractivity contribution >= 4 is 28.9 Å². The van der Waals surface area contributed by atoms with Crippen molar-refractivity contribution < 1.29 is 18.0 Å². The summed E-state index contributed by atoms with van der Waals surface area (Å²) in [6.45, 7) is 3.43. The molecule has 0 N–H and O–H groups in total. The van der Waals surface area contributed by atoms with E-state index in [4.69, 9.17) is 0 Å². The molecule has 0 bridgehead atoms. The Balaban J connectivity index is 1.70. The lowest BCUT2D eigenvalue weighted by atomic mass is 10.1. The summed E-state index contributed by atoms with van der Waals surface area (Å²) < 4.78 is 37.7. The van der Waals surface area contributed by atoms with Crippen molar-refractivity contribution in [1.82, 2.24) is 9.80 Å². The van der Waals surface area contributed by atoms with Crippen LogP contribution in [0.15, 0.2) is 34.2 Å². The smallest absolute Gasteiger partial charge is 0.348 e. The van der Waals surface area contributed by atoms with E-state index in [1.807, 2.05) is 7.05 Å². The topological polar surface area (TPSA) is 35.9 Å². The Labute approximate surface area is 142 Å². The Kier molecular flexibility index (Phi) is 4.69. The summed E-state index contributed by atoms with van der Waals surface area (Å²) in [5.74, 6) is -0.339. The second-order valence-electron chi connectivity index (χ2n) is 5.72. The van der Waals surface area contributed by atoms with Gasteiger partial charge in [0, 0.05) is 26.2 Å². The zero-order valence-electron chi connectivity index (χ0n) is 13.0. The number of halogens is 3. The Hall–Kier alpha value is -1.80. The van der Waals surface area contributed by atoms with Crippen LogP contribution in [-0.4, -0.2) is 54.1 Å². The molecule has 0 atom stereocenters. The monoisotopic (exact) mass is 355 g/mol. The molecule has 1 fully saturated rings. The summed E-state index contributed by atoms with van der Waals surface area (Å²) in [6.07, 6.45) is -2.78. The number of benzene rings is 1. The molecule has 4 nitrogen and oxygen atoms in total. The molecule has 2 aliphatic rings. The fourth-order valence-electron chi connectivity index (χ4n) is 2.45. The number of alkyl halides is 3. The van der Waals surface area contributed by atoms with Crippen LogP contribution in [0.1, 0.15) is 11.1 Å². The molecule has 24 heavy (non-hydrogen) atoms. The molecule has 2 aliphatic heterocycles. The molecule has 8 heteroatoms. The van der Waals surface area contributed by atoms with Gasteiger partial charge in [0.05, 0.1) is 10.5 Å². The van der Waals surface area contributed by atoms with Gasteiger partial charge in [-0.25, -0.2) is 0 Å². The highest BCUT2D eigenvalue weighted by atomic mass is 32.2. The van der Waals surface area contributed by atoms with Crippen LogP contribution in [0.5, 0.6) is 0 Å². The standard InChI is InChI=1S/C16H16F3N3OS/c1-21-6-8-22(9-7-21)15-20-14(23)13(24-15)10-11-2-4-12(5-3-11)16(17,18)19/h2-5,10H,6-9H2,1H3/b13-10-. The number of hydrogen-bond acceptors (Lipinski definition) is 4. The van der Waals surface area contributed by atoms with Crippen molar-refractivity contribution in [2.75, 3.05) is 33.2 Å². The van der Waals surface area contributed by atoms with E-state index in [0.717, 1.165) is 38.3 Å². The number of hydrogen-bond donors (Lipinski definition) is 0. The molecule has 0 aliphatic carbocycles. The van der Waals surface area contributed by atoms with Crippen LogP contribution in [0.3, 0.4) is 0 Å². The van der Waals surface area contributed by atoms with E-state index in [1.54, 1.807) is 6.08 Å². The molecule has 128 valence electrons. The third kappa shape index (κ3) is 3.81. The van der Waals surface area contributed by atoms with E-state index in [2.05, 4.69) is 14.8 Å². The van der Waals surface area contributed by atoms with Gasteiger partial charge in [-0.1, -0.05) is 12.1 Å². The number of likely N-dealkylation sites (N-methyl/N-ethyl adjacent to an activating group) is 1. The first-order chi connectivity index (χ1) is 11.3. The zero-order chi connectivity index (χ0) is 17.3. The fraction of sp³-hybridized carbons (Fsp3) is 0.375. The number of piperazine rings is 1. The lowest BCUT2D eigenvalue weighted by Crippen LogP contribution is -2.46. The summed E-state index contributed by atoms with van der Waals surface area (Å²) >= 11 is 1.28. The van der Waals surface area contributed by atoms with Crippen molar-refractivity contribution in [2.45, 2.75) is 6.18 Å². The van der Waals surface area contributed by atoms with E-state index >= 15 is 0 Å². The Morgan fingerprint density at radius 3 is 2.33 bits per heavy atom. The first-order valence-electron chi connectivity index (χ1n) is 7.46. The zero-order valence-corrected chi connectivity index (χ0v) is 13.8. The van der Waals surface area contributed by atoms with Gasteiger partial charge in [0.15, 0.2) is 5.17 Å². The minimum absolute atomic E-state index is 0.339. The molecule has 0 aromatic heterocycles. The van der Waals surface area contributed by atoms with Crippen LogP contribution in [0, 0.1) is 0 Å². The molecule has 2 heterocycles. The summed E-state index contributed by atoms with van der Waals surface area (Å²) in [6, 6.07) is 4.74. The minimum atomic E-state index is -4.36. The number of nitrogens with zero attached hydrogens (tertiary/aromatic N) is 3. The number of carbonyl (C=O) groups is 1.